The second-order valence-electron chi connectivity index (χ2n) is 4.90. The van der Waals surface area contributed by atoms with Crippen molar-refractivity contribution in [1.82, 2.24) is 4.98 Å². The molecule has 1 fully saturated rings. The van der Waals surface area contributed by atoms with Crippen molar-refractivity contribution in [2.45, 2.75) is 25.7 Å². The Hall–Kier alpha value is -1.90. The lowest BCUT2D eigenvalue weighted by Crippen LogP contribution is -2.20. The van der Waals surface area contributed by atoms with Gasteiger partial charge in [0, 0.05) is 11.3 Å². The van der Waals surface area contributed by atoms with Crippen LogP contribution in [0.25, 0.3) is 10.9 Å². The fraction of sp³-hybridized carbons (Fsp3) is 0.333. The standard InChI is InChI=1S/C15H17N3/c16-15(11-5-1-2-6-11)18-13-9-12-7-3-4-8-14(12)17-10-13/h3-4,7-11H,1-2,5-6H2,(H2,16,18). The van der Waals surface area contributed by atoms with Gasteiger partial charge in [0.15, 0.2) is 0 Å². The quantitative estimate of drug-likeness (QED) is 0.645. The third-order valence-electron chi connectivity index (χ3n) is 3.61. The average molecular weight is 239 g/mol. The Bertz CT molecular complexity index is 583. The van der Waals surface area contributed by atoms with Gasteiger partial charge in [0.05, 0.1) is 17.4 Å². The van der Waals surface area contributed by atoms with Crippen molar-refractivity contribution in [3.63, 3.8) is 0 Å². The van der Waals surface area contributed by atoms with Gasteiger partial charge >= 0.3 is 0 Å². The van der Waals surface area contributed by atoms with E-state index in [0.29, 0.717) is 5.92 Å². The van der Waals surface area contributed by atoms with Gasteiger partial charge in [-0.1, -0.05) is 31.0 Å². The van der Waals surface area contributed by atoms with E-state index in [0.717, 1.165) is 22.4 Å². The molecule has 18 heavy (non-hydrogen) atoms. The molecule has 92 valence electrons. The molecule has 1 aromatic heterocycles. The van der Waals surface area contributed by atoms with Crippen molar-refractivity contribution in [1.29, 1.82) is 0 Å². The summed E-state index contributed by atoms with van der Waals surface area (Å²) in [6.07, 6.45) is 6.70. The molecule has 1 aromatic carbocycles. The van der Waals surface area contributed by atoms with E-state index in [1.807, 2.05) is 30.3 Å². The van der Waals surface area contributed by atoms with E-state index in [4.69, 9.17) is 5.73 Å². The number of amidine groups is 1. The number of hydrogen-bond donors (Lipinski definition) is 1. The molecule has 0 atom stereocenters. The molecule has 0 spiro atoms. The number of fused-ring (bicyclic) bond motifs is 1. The predicted octanol–water partition coefficient (Wildman–Crippen LogP) is 3.41. The van der Waals surface area contributed by atoms with E-state index >= 15 is 0 Å². The summed E-state index contributed by atoms with van der Waals surface area (Å²) in [6.45, 7) is 0. The number of benzene rings is 1. The average Bonchev–Trinajstić information content (AvgIpc) is 2.92. The Balaban J connectivity index is 1.91. The summed E-state index contributed by atoms with van der Waals surface area (Å²) >= 11 is 0. The first-order valence-corrected chi connectivity index (χ1v) is 6.52. The number of nitrogens with zero attached hydrogens (tertiary/aromatic N) is 2. The zero-order valence-electron chi connectivity index (χ0n) is 10.3. The van der Waals surface area contributed by atoms with Crippen LogP contribution in [0.5, 0.6) is 0 Å². The van der Waals surface area contributed by atoms with Crippen molar-refractivity contribution in [2.75, 3.05) is 0 Å². The molecule has 0 amide bonds. The van der Waals surface area contributed by atoms with Crippen LogP contribution < -0.4 is 5.73 Å². The maximum atomic E-state index is 6.08. The molecule has 1 aliphatic rings. The van der Waals surface area contributed by atoms with E-state index in [9.17, 15) is 0 Å². The van der Waals surface area contributed by atoms with Gasteiger partial charge in [0.25, 0.3) is 0 Å². The second-order valence-corrected chi connectivity index (χ2v) is 4.90. The van der Waals surface area contributed by atoms with E-state index in [1.54, 1.807) is 6.20 Å². The van der Waals surface area contributed by atoms with Crippen LogP contribution in [0.1, 0.15) is 25.7 Å². The molecule has 3 nitrogen and oxygen atoms in total. The van der Waals surface area contributed by atoms with Gasteiger partial charge < -0.3 is 5.73 Å². The molecule has 3 heteroatoms. The number of para-hydroxylation sites is 1. The Morgan fingerprint density at radius 3 is 2.83 bits per heavy atom. The number of aliphatic imine (C=N–C) groups is 1. The van der Waals surface area contributed by atoms with Crippen LogP contribution in [0.2, 0.25) is 0 Å². The summed E-state index contributed by atoms with van der Waals surface area (Å²) in [5.41, 5.74) is 7.93. The minimum atomic E-state index is 0.469. The Labute approximate surface area is 107 Å². The molecule has 0 radical (unpaired) electrons. The molecule has 0 saturated heterocycles. The number of nitrogens with two attached hydrogens (primary N) is 1. The first kappa shape index (κ1) is 11.2. The third-order valence-corrected chi connectivity index (χ3v) is 3.61. The van der Waals surface area contributed by atoms with Crippen LogP contribution in [0.4, 0.5) is 5.69 Å². The molecule has 1 heterocycles. The molecular formula is C15H17N3. The van der Waals surface area contributed by atoms with Crippen LogP contribution in [-0.2, 0) is 0 Å². The third kappa shape index (κ3) is 2.21. The van der Waals surface area contributed by atoms with Crippen LogP contribution >= 0.6 is 0 Å². The Morgan fingerprint density at radius 2 is 2.00 bits per heavy atom. The molecule has 2 aromatic rings. The van der Waals surface area contributed by atoms with Gasteiger partial charge in [-0.3, -0.25) is 4.98 Å². The number of aromatic nitrogens is 1. The van der Waals surface area contributed by atoms with Gasteiger partial charge in [-0.15, -0.1) is 0 Å². The SMILES string of the molecule is NC(=Nc1cnc2ccccc2c1)C1CCCC1. The first-order valence-electron chi connectivity index (χ1n) is 6.52. The summed E-state index contributed by atoms with van der Waals surface area (Å²) in [5, 5.41) is 1.11. The van der Waals surface area contributed by atoms with Crippen molar-refractivity contribution in [3.8, 4) is 0 Å². The van der Waals surface area contributed by atoms with E-state index in [1.165, 1.54) is 25.7 Å². The minimum Gasteiger partial charge on any atom is -0.387 e. The summed E-state index contributed by atoms with van der Waals surface area (Å²) in [7, 11) is 0. The number of hydrogen-bond acceptors (Lipinski definition) is 2. The van der Waals surface area contributed by atoms with Crippen LogP contribution in [0.15, 0.2) is 41.5 Å². The van der Waals surface area contributed by atoms with Gasteiger partial charge in [-0.25, -0.2) is 4.99 Å². The van der Waals surface area contributed by atoms with E-state index in [-0.39, 0.29) is 0 Å². The fourth-order valence-corrected chi connectivity index (χ4v) is 2.58. The van der Waals surface area contributed by atoms with Crippen molar-refractivity contribution in [3.05, 3.63) is 36.5 Å². The fourth-order valence-electron chi connectivity index (χ4n) is 2.58. The zero-order chi connectivity index (χ0) is 12.4. The lowest BCUT2D eigenvalue weighted by atomic mass is 10.1. The molecule has 1 aliphatic carbocycles. The normalized spacial score (nSPS) is 17.4. The van der Waals surface area contributed by atoms with E-state index < -0.39 is 0 Å². The predicted molar refractivity (Wildman–Crippen MR) is 75.0 cm³/mol. The monoisotopic (exact) mass is 239 g/mol. The lowest BCUT2D eigenvalue weighted by Gasteiger charge is -2.08. The molecule has 0 aliphatic heterocycles. The smallest absolute Gasteiger partial charge is 0.103 e. The van der Waals surface area contributed by atoms with Crippen molar-refractivity contribution >= 4 is 22.4 Å². The summed E-state index contributed by atoms with van der Waals surface area (Å²) < 4.78 is 0. The number of rotatable bonds is 2. The molecular weight excluding hydrogens is 222 g/mol. The Kier molecular flexibility index (Phi) is 2.97. The maximum Gasteiger partial charge on any atom is 0.103 e. The highest BCUT2D eigenvalue weighted by atomic mass is 14.9. The van der Waals surface area contributed by atoms with Crippen molar-refractivity contribution < 1.29 is 0 Å². The summed E-state index contributed by atoms with van der Waals surface area (Å²) in [6, 6.07) is 10.1. The molecule has 0 bridgehead atoms. The molecule has 0 unspecified atom stereocenters. The lowest BCUT2D eigenvalue weighted by molar-refractivity contribution is 0.722. The summed E-state index contributed by atoms with van der Waals surface area (Å²) in [5.74, 6) is 1.24. The summed E-state index contributed by atoms with van der Waals surface area (Å²) in [4.78, 5) is 8.92. The van der Waals surface area contributed by atoms with Gasteiger partial charge in [0.1, 0.15) is 5.84 Å². The zero-order valence-corrected chi connectivity index (χ0v) is 10.3. The highest BCUT2D eigenvalue weighted by Crippen LogP contribution is 2.26. The van der Waals surface area contributed by atoms with Gasteiger partial charge in [-0.2, -0.15) is 0 Å². The first-order chi connectivity index (χ1) is 8.83. The topological polar surface area (TPSA) is 51.3 Å². The van der Waals surface area contributed by atoms with Crippen LogP contribution in [-0.4, -0.2) is 10.8 Å². The van der Waals surface area contributed by atoms with Gasteiger partial charge in [-0.05, 0) is 25.0 Å². The second kappa shape index (κ2) is 4.77. The molecule has 3 rings (SSSR count). The Morgan fingerprint density at radius 1 is 1.22 bits per heavy atom. The highest BCUT2D eigenvalue weighted by molar-refractivity contribution is 5.87. The molecule has 1 saturated carbocycles. The van der Waals surface area contributed by atoms with Crippen LogP contribution in [0.3, 0.4) is 0 Å². The number of pyridine rings is 1. The highest BCUT2D eigenvalue weighted by Gasteiger charge is 2.18. The maximum absolute atomic E-state index is 6.08. The minimum absolute atomic E-state index is 0.469. The van der Waals surface area contributed by atoms with Gasteiger partial charge in [0.2, 0.25) is 0 Å². The van der Waals surface area contributed by atoms with Crippen LogP contribution in [0, 0.1) is 5.92 Å². The van der Waals surface area contributed by atoms with E-state index in [2.05, 4.69) is 9.98 Å². The largest absolute Gasteiger partial charge is 0.387 e. The van der Waals surface area contributed by atoms with Crippen molar-refractivity contribution in [2.24, 2.45) is 16.6 Å². The molecule has 2 N–H and O–H groups in total.